The topological polar surface area (TPSA) is 67.7 Å². The van der Waals surface area contributed by atoms with Crippen LogP contribution in [-0.2, 0) is 4.74 Å². The second kappa shape index (κ2) is 9.46. The highest BCUT2D eigenvalue weighted by Gasteiger charge is 2.36. The number of ether oxygens (including phenoxy) is 1. The van der Waals surface area contributed by atoms with Gasteiger partial charge in [0.15, 0.2) is 0 Å². The predicted molar refractivity (Wildman–Crippen MR) is 139 cm³/mol. The fourth-order valence-electron chi connectivity index (χ4n) is 6.00. The Morgan fingerprint density at radius 2 is 1.89 bits per heavy atom. The molecule has 0 aliphatic carbocycles. The first-order chi connectivity index (χ1) is 17.2. The summed E-state index contributed by atoms with van der Waals surface area (Å²) in [7, 11) is 0. The lowest BCUT2D eigenvalue weighted by molar-refractivity contribution is 0.0277. The molecule has 180 valence electrons. The lowest BCUT2D eigenvalue weighted by atomic mass is 10.00. The van der Waals surface area contributed by atoms with E-state index < -0.39 is 0 Å². The Morgan fingerprint density at radius 1 is 1.03 bits per heavy atom. The Hall–Kier alpha value is -3.18. The van der Waals surface area contributed by atoms with Crippen LogP contribution in [0, 0.1) is 11.3 Å². The lowest BCUT2D eigenvalue weighted by Gasteiger charge is -2.51. The van der Waals surface area contributed by atoms with Crippen molar-refractivity contribution in [2.45, 2.75) is 25.1 Å². The molecule has 6 rings (SSSR count). The summed E-state index contributed by atoms with van der Waals surface area (Å²) >= 11 is 0. The third-order valence-corrected chi connectivity index (χ3v) is 7.78. The van der Waals surface area contributed by atoms with E-state index in [0.717, 1.165) is 63.3 Å². The highest BCUT2D eigenvalue weighted by molar-refractivity contribution is 5.95. The van der Waals surface area contributed by atoms with Crippen LogP contribution >= 0.6 is 0 Å². The number of hydrogen-bond donors (Lipinski definition) is 1. The maximum atomic E-state index is 9.54. The van der Waals surface area contributed by atoms with Crippen LogP contribution in [0.5, 0.6) is 0 Å². The van der Waals surface area contributed by atoms with Crippen molar-refractivity contribution in [3.8, 4) is 6.07 Å². The number of nitrogens with zero attached hydrogens (tertiary/aromatic N) is 5. The quantitative estimate of drug-likeness (QED) is 0.633. The highest BCUT2D eigenvalue weighted by Crippen LogP contribution is 2.33. The zero-order valence-corrected chi connectivity index (χ0v) is 20.2. The second-order valence-electron chi connectivity index (χ2n) is 9.89. The summed E-state index contributed by atoms with van der Waals surface area (Å²) in [6.07, 6.45) is 1.92. The third kappa shape index (κ3) is 4.23. The number of piperazine rings is 2. The van der Waals surface area contributed by atoms with Crippen LogP contribution in [-0.4, -0.2) is 74.4 Å². The number of nitrogens with one attached hydrogen (secondary N) is 1. The van der Waals surface area contributed by atoms with Gasteiger partial charge in [-0.05, 0) is 48.9 Å². The maximum Gasteiger partial charge on any atom is 0.101 e. The van der Waals surface area contributed by atoms with Gasteiger partial charge in [-0.3, -0.25) is 9.88 Å². The molecule has 0 spiro atoms. The van der Waals surface area contributed by atoms with Gasteiger partial charge in [0.25, 0.3) is 0 Å². The minimum absolute atomic E-state index is 0.152. The Kier molecular flexibility index (Phi) is 6.03. The van der Waals surface area contributed by atoms with Gasteiger partial charge >= 0.3 is 0 Å². The largest absolute Gasteiger partial charge is 0.371 e. The van der Waals surface area contributed by atoms with Gasteiger partial charge in [-0.25, -0.2) is 0 Å². The molecule has 1 N–H and O–H groups in total. The maximum absolute atomic E-state index is 9.54. The molecule has 1 aromatic heterocycles. The van der Waals surface area contributed by atoms with Crippen molar-refractivity contribution in [1.29, 1.82) is 5.26 Å². The van der Waals surface area contributed by atoms with Gasteiger partial charge in [0.05, 0.1) is 23.8 Å². The molecule has 3 saturated heterocycles. The number of pyridine rings is 1. The summed E-state index contributed by atoms with van der Waals surface area (Å²) in [5.41, 5.74) is 5.15. The Morgan fingerprint density at radius 3 is 2.69 bits per heavy atom. The molecule has 35 heavy (non-hydrogen) atoms. The fourth-order valence-corrected chi connectivity index (χ4v) is 6.00. The molecule has 3 aliphatic heterocycles. The molecule has 0 saturated carbocycles. The summed E-state index contributed by atoms with van der Waals surface area (Å²) < 4.78 is 5.92. The van der Waals surface area contributed by atoms with Crippen LogP contribution in [0.3, 0.4) is 0 Å². The summed E-state index contributed by atoms with van der Waals surface area (Å²) in [5, 5.41) is 14.0. The van der Waals surface area contributed by atoms with Crippen LogP contribution in [0.15, 0.2) is 54.7 Å². The van der Waals surface area contributed by atoms with E-state index in [2.05, 4.69) is 74.4 Å². The Bertz CT molecular complexity index is 1230. The van der Waals surface area contributed by atoms with Crippen molar-refractivity contribution < 1.29 is 4.74 Å². The van der Waals surface area contributed by atoms with E-state index in [0.29, 0.717) is 17.6 Å². The molecule has 4 heterocycles. The molecule has 0 unspecified atom stereocenters. The Labute approximate surface area is 206 Å². The second-order valence-corrected chi connectivity index (χ2v) is 9.89. The number of benzene rings is 2. The van der Waals surface area contributed by atoms with E-state index in [1.807, 2.05) is 12.1 Å². The van der Waals surface area contributed by atoms with Gasteiger partial charge in [0.1, 0.15) is 6.07 Å². The average molecular weight is 469 g/mol. The first-order valence-electron chi connectivity index (χ1n) is 12.7. The van der Waals surface area contributed by atoms with Crippen LogP contribution in [0.2, 0.25) is 0 Å². The zero-order valence-electron chi connectivity index (χ0n) is 20.2. The van der Waals surface area contributed by atoms with Crippen molar-refractivity contribution in [1.82, 2.24) is 15.2 Å². The minimum atomic E-state index is 0.152. The van der Waals surface area contributed by atoms with Crippen LogP contribution in [0.4, 0.5) is 11.4 Å². The smallest absolute Gasteiger partial charge is 0.101 e. The first kappa shape index (κ1) is 22.3. The van der Waals surface area contributed by atoms with E-state index >= 15 is 0 Å². The van der Waals surface area contributed by atoms with Crippen LogP contribution < -0.4 is 15.1 Å². The monoisotopic (exact) mass is 468 g/mol. The lowest BCUT2D eigenvalue weighted by Crippen LogP contribution is -2.65. The molecular weight excluding hydrogens is 436 g/mol. The van der Waals surface area contributed by atoms with Gasteiger partial charge in [-0.15, -0.1) is 0 Å². The van der Waals surface area contributed by atoms with E-state index in [-0.39, 0.29) is 6.10 Å². The average Bonchev–Trinajstić information content (AvgIpc) is 2.92. The molecule has 7 nitrogen and oxygen atoms in total. The number of hydrogen-bond acceptors (Lipinski definition) is 7. The highest BCUT2D eigenvalue weighted by atomic mass is 16.5. The number of nitriles is 1. The first-order valence-corrected chi connectivity index (χ1v) is 12.7. The molecule has 2 aromatic carbocycles. The molecule has 7 heteroatoms. The summed E-state index contributed by atoms with van der Waals surface area (Å²) in [5.74, 6) is 0. The fraction of sp³-hybridized carbons (Fsp3) is 0.429. The minimum Gasteiger partial charge on any atom is -0.371 e. The number of aromatic nitrogens is 1. The van der Waals surface area contributed by atoms with E-state index in [4.69, 9.17) is 4.74 Å². The van der Waals surface area contributed by atoms with Gasteiger partial charge < -0.3 is 19.9 Å². The van der Waals surface area contributed by atoms with Crippen LogP contribution in [0.1, 0.15) is 24.2 Å². The van der Waals surface area contributed by atoms with E-state index in [1.54, 1.807) is 6.20 Å². The van der Waals surface area contributed by atoms with E-state index in [9.17, 15) is 5.26 Å². The number of anilines is 2. The van der Waals surface area contributed by atoms with Crippen molar-refractivity contribution in [2.75, 3.05) is 62.2 Å². The molecule has 3 aromatic rings. The predicted octanol–water partition coefficient (Wildman–Crippen LogP) is 3.17. The van der Waals surface area contributed by atoms with Crippen molar-refractivity contribution in [3.63, 3.8) is 0 Å². The molecule has 0 amide bonds. The SMILES string of the molecule is C[C@H]1CN(c2ccc(C#N)c3ncccc23)C[C@@H]2CN(c3ccc([C@@H]4CNCCO4)cc3)CCN21. The van der Waals surface area contributed by atoms with Gasteiger partial charge in [-0.2, -0.15) is 5.26 Å². The van der Waals surface area contributed by atoms with Gasteiger partial charge in [-0.1, -0.05) is 12.1 Å². The number of rotatable bonds is 3. The van der Waals surface area contributed by atoms with Gasteiger partial charge in [0, 0.05) is 80.9 Å². The normalized spacial score (nSPS) is 25.3. The third-order valence-electron chi connectivity index (χ3n) is 7.78. The summed E-state index contributed by atoms with van der Waals surface area (Å²) in [6.45, 7) is 10.0. The molecule has 3 atom stereocenters. The van der Waals surface area contributed by atoms with Gasteiger partial charge in [0.2, 0.25) is 0 Å². The Balaban J connectivity index is 1.21. The zero-order chi connectivity index (χ0) is 23.8. The van der Waals surface area contributed by atoms with Crippen molar-refractivity contribution in [3.05, 3.63) is 65.9 Å². The van der Waals surface area contributed by atoms with Crippen molar-refractivity contribution in [2.24, 2.45) is 0 Å². The molecule has 0 radical (unpaired) electrons. The summed E-state index contributed by atoms with van der Waals surface area (Å²) in [6, 6.07) is 20.3. The molecule has 3 fully saturated rings. The standard InChI is InChI=1S/C28H32N6O/c1-20-17-33(26-9-6-22(15-29)28-25(26)3-2-10-31-28)19-24-18-32(12-13-34(20)24)23-7-4-21(5-8-23)27-16-30-11-14-35-27/h2-10,20,24,27,30H,11-14,16-19H2,1H3/t20-,24-,27-/m0/s1. The van der Waals surface area contributed by atoms with Crippen molar-refractivity contribution >= 4 is 22.3 Å². The molecule has 0 bridgehead atoms. The molecular formula is C28H32N6O. The number of morpholine rings is 1. The van der Waals surface area contributed by atoms with Crippen LogP contribution in [0.25, 0.3) is 10.9 Å². The van der Waals surface area contributed by atoms with E-state index in [1.165, 1.54) is 16.9 Å². The number of fused-ring (bicyclic) bond motifs is 2. The summed E-state index contributed by atoms with van der Waals surface area (Å²) in [4.78, 5) is 12.2. The molecule has 3 aliphatic rings.